The van der Waals surface area contributed by atoms with Crippen LogP contribution in [0.15, 0.2) is 53.7 Å². The molecule has 0 saturated heterocycles. The first-order chi connectivity index (χ1) is 13.0. The number of aromatic nitrogens is 2. The molecule has 1 amide bonds. The largest absolute Gasteiger partial charge is 0.467 e. The number of nitrogens with zero attached hydrogens (tertiary/aromatic N) is 1. The third-order valence-corrected chi connectivity index (χ3v) is 4.93. The van der Waals surface area contributed by atoms with Crippen LogP contribution < -0.4 is 5.32 Å². The van der Waals surface area contributed by atoms with E-state index in [0.29, 0.717) is 11.6 Å². The molecule has 0 aliphatic rings. The van der Waals surface area contributed by atoms with Gasteiger partial charge < -0.3 is 15.0 Å². The SMILES string of the molecule is COC(=O)[C@H](Cc1ccccc1)NC(=O)CSc1nc2ccc(C)cc2[nH]1. The van der Waals surface area contributed by atoms with Crippen LogP contribution in [0.25, 0.3) is 11.0 Å². The molecule has 0 fully saturated rings. The number of hydrogen-bond acceptors (Lipinski definition) is 5. The van der Waals surface area contributed by atoms with Crippen molar-refractivity contribution in [2.24, 2.45) is 0 Å². The summed E-state index contributed by atoms with van der Waals surface area (Å²) >= 11 is 1.30. The van der Waals surface area contributed by atoms with Gasteiger partial charge in [0.25, 0.3) is 0 Å². The number of nitrogens with one attached hydrogen (secondary N) is 2. The fourth-order valence-corrected chi connectivity index (χ4v) is 3.42. The van der Waals surface area contributed by atoms with Crippen molar-refractivity contribution in [3.63, 3.8) is 0 Å². The molecule has 0 unspecified atom stereocenters. The van der Waals surface area contributed by atoms with Crippen LogP contribution in [0.5, 0.6) is 0 Å². The Morgan fingerprint density at radius 1 is 1.22 bits per heavy atom. The number of thioether (sulfide) groups is 1. The number of H-pyrrole nitrogens is 1. The summed E-state index contributed by atoms with van der Waals surface area (Å²) < 4.78 is 4.82. The van der Waals surface area contributed by atoms with E-state index in [2.05, 4.69) is 15.3 Å². The maximum Gasteiger partial charge on any atom is 0.328 e. The lowest BCUT2D eigenvalue weighted by Gasteiger charge is -2.16. The van der Waals surface area contributed by atoms with Gasteiger partial charge in [0.05, 0.1) is 23.9 Å². The molecule has 3 rings (SSSR count). The van der Waals surface area contributed by atoms with E-state index in [1.54, 1.807) is 0 Å². The summed E-state index contributed by atoms with van der Waals surface area (Å²) in [6, 6.07) is 14.7. The molecule has 2 aromatic carbocycles. The lowest BCUT2D eigenvalue weighted by atomic mass is 10.1. The number of benzene rings is 2. The molecule has 140 valence electrons. The number of aryl methyl sites for hydroxylation is 1. The summed E-state index contributed by atoms with van der Waals surface area (Å²) in [5, 5.41) is 3.42. The fraction of sp³-hybridized carbons (Fsp3) is 0.250. The number of hydrogen-bond donors (Lipinski definition) is 2. The average molecular weight is 383 g/mol. The highest BCUT2D eigenvalue weighted by atomic mass is 32.2. The van der Waals surface area contributed by atoms with Gasteiger partial charge in [-0.3, -0.25) is 4.79 Å². The van der Waals surface area contributed by atoms with Gasteiger partial charge in [-0.2, -0.15) is 0 Å². The standard InChI is InChI=1S/C20H21N3O3S/c1-13-8-9-15-16(10-13)23-20(22-15)27-12-18(24)21-17(19(25)26-2)11-14-6-4-3-5-7-14/h3-10,17H,11-12H2,1-2H3,(H,21,24)(H,22,23)/t17-/m0/s1. The fourth-order valence-electron chi connectivity index (χ4n) is 2.72. The van der Waals surface area contributed by atoms with E-state index in [1.807, 2.05) is 55.5 Å². The van der Waals surface area contributed by atoms with Crippen molar-refractivity contribution in [1.29, 1.82) is 0 Å². The number of rotatable bonds is 7. The first-order valence-electron chi connectivity index (χ1n) is 8.55. The van der Waals surface area contributed by atoms with E-state index in [0.717, 1.165) is 22.2 Å². The van der Waals surface area contributed by atoms with Crippen molar-refractivity contribution in [3.8, 4) is 0 Å². The van der Waals surface area contributed by atoms with Crippen molar-refractivity contribution >= 4 is 34.7 Å². The van der Waals surface area contributed by atoms with Crippen LogP contribution >= 0.6 is 11.8 Å². The summed E-state index contributed by atoms with van der Waals surface area (Å²) in [5.74, 6) is -0.555. The topological polar surface area (TPSA) is 84.1 Å². The number of aromatic amines is 1. The van der Waals surface area contributed by atoms with Crippen LogP contribution in [0, 0.1) is 6.92 Å². The number of fused-ring (bicyclic) bond motifs is 1. The van der Waals surface area contributed by atoms with Gasteiger partial charge in [0.1, 0.15) is 6.04 Å². The molecule has 3 aromatic rings. The van der Waals surface area contributed by atoms with Crippen LogP contribution in [0.3, 0.4) is 0 Å². The monoisotopic (exact) mass is 383 g/mol. The zero-order chi connectivity index (χ0) is 19.2. The van der Waals surface area contributed by atoms with Gasteiger partial charge in [0, 0.05) is 6.42 Å². The zero-order valence-electron chi connectivity index (χ0n) is 15.2. The molecule has 27 heavy (non-hydrogen) atoms. The zero-order valence-corrected chi connectivity index (χ0v) is 16.0. The van der Waals surface area contributed by atoms with Crippen LogP contribution in [0.4, 0.5) is 0 Å². The number of amides is 1. The second-order valence-corrected chi connectivity index (χ2v) is 7.15. The van der Waals surface area contributed by atoms with Crippen molar-refractivity contribution in [3.05, 3.63) is 59.7 Å². The summed E-state index contributed by atoms with van der Waals surface area (Å²) in [7, 11) is 1.32. The molecule has 0 radical (unpaired) electrons. The normalized spacial score (nSPS) is 11.9. The third-order valence-electron chi connectivity index (χ3n) is 4.06. The van der Waals surface area contributed by atoms with Crippen LogP contribution in [-0.4, -0.2) is 40.7 Å². The predicted octanol–water partition coefficient (Wildman–Crippen LogP) is 2.86. The second kappa shape index (κ2) is 8.73. The van der Waals surface area contributed by atoms with Gasteiger partial charge >= 0.3 is 5.97 Å². The van der Waals surface area contributed by atoms with Gasteiger partial charge in [0.2, 0.25) is 5.91 Å². The molecule has 1 atom stereocenters. The Labute approximate surface area is 161 Å². The number of carbonyl (C=O) groups excluding carboxylic acids is 2. The molecule has 0 bridgehead atoms. The Balaban J connectivity index is 1.60. The third kappa shape index (κ3) is 5.10. The number of methoxy groups -OCH3 is 1. The summed E-state index contributed by atoms with van der Waals surface area (Å²) in [4.78, 5) is 32.0. The number of ether oxygens (including phenoxy) is 1. The van der Waals surface area contributed by atoms with Crippen LogP contribution in [-0.2, 0) is 20.7 Å². The first-order valence-corrected chi connectivity index (χ1v) is 9.54. The molecular weight excluding hydrogens is 362 g/mol. The maximum atomic E-state index is 12.3. The highest BCUT2D eigenvalue weighted by Crippen LogP contribution is 2.20. The van der Waals surface area contributed by atoms with Crippen molar-refractivity contribution in [2.75, 3.05) is 12.9 Å². The van der Waals surface area contributed by atoms with Crippen molar-refractivity contribution < 1.29 is 14.3 Å². The minimum absolute atomic E-state index is 0.154. The molecule has 2 N–H and O–H groups in total. The highest BCUT2D eigenvalue weighted by molar-refractivity contribution is 7.99. The Kier molecular flexibility index (Phi) is 6.13. The Morgan fingerprint density at radius 2 is 2.00 bits per heavy atom. The first kappa shape index (κ1) is 19.0. The highest BCUT2D eigenvalue weighted by Gasteiger charge is 2.22. The number of carbonyl (C=O) groups is 2. The summed E-state index contributed by atoms with van der Waals surface area (Å²) in [6.45, 7) is 2.01. The minimum atomic E-state index is -0.719. The molecule has 6 nitrogen and oxygen atoms in total. The molecule has 0 saturated carbocycles. The van der Waals surface area contributed by atoms with Crippen molar-refractivity contribution in [1.82, 2.24) is 15.3 Å². The Bertz CT molecular complexity index is 940. The van der Waals surface area contributed by atoms with E-state index >= 15 is 0 Å². The van der Waals surface area contributed by atoms with E-state index < -0.39 is 12.0 Å². The second-order valence-electron chi connectivity index (χ2n) is 6.18. The van der Waals surface area contributed by atoms with E-state index in [4.69, 9.17) is 4.74 Å². The lowest BCUT2D eigenvalue weighted by Crippen LogP contribution is -2.43. The maximum absolute atomic E-state index is 12.3. The molecular formula is C20H21N3O3S. The molecule has 1 aromatic heterocycles. The molecule has 0 aliphatic carbocycles. The summed E-state index contributed by atoms with van der Waals surface area (Å²) in [5.41, 5.74) is 3.89. The average Bonchev–Trinajstić information content (AvgIpc) is 3.08. The smallest absolute Gasteiger partial charge is 0.328 e. The minimum Gasteiger partial charge on any atom is -0.467 e. The van der Waals surface area contributed by atoms with Crippen LogP contribution in [0.2, 0.25) is 0 Å². The van der Waals surface area contributed by atoms with E-state index in [1.165, 1.54) is 18.9 Å². The van der Waals surface area contributed by atoms with Gasteiger partial charge in [0.15, 0.2) is 5.16 Å². The molecule has 7 heteroatoms. The summed E-state index contributed by atoms with van der Waals surface area (Å²) in [6.07, 6.45) is 0.383. The Hall–Kier alpha value is -2.80. The molecule has 0 aliphatic heterocycles. The number of imidazole rings is 1. The van der Waals surface area contributed by atoms with Crippen molar-refractivity contribution in [2.45, 2.75) is 24.5 Å². The Morgan fingerprint density at radius 3 is 2.74 bits per heavy atom. The van der Waals surface area contributed by atoms with Gasteiger partial charge in [-0.05, 0) is 30.2 Å². The van der Waals surface area contributed by atoms with E-state index in [9.17, 15) is 9.59 Å². The number of esters is 1. The quantitative estimate of drug-likeness (QED) is 0.484. The molecule has 1 heterocycles. The van der Waals surface area contributed by atoms with E-state index in [-0.39, 0.29) is 11.7 Å². The van der Waals surface area contributed by atoms with Gasteiger partial charge in [-0.1, -0.05) is 48.2 Å². The predicted molar refractivity (Wildman–Crippen MR) is 106 cm³/mol. The lowest BCUT2D eigenvalue weighted by molar-refractivity contribution is -0.144. The van der Waals surface area contributed by atoms with Gasteiger partial charge in [-0.15, -0.1) is 0 Å². The molecule has 0 spiro atoms. The van der Waals surface area contributed by atoms with Gasteiger partial charge in [-0.25, -0.2) is 9.78 Å². The van der Waals surface area contributed by atoms with Crippen LogP contribution in [0.1, 0.15) is 11.1 Å².